The van der Waals surface area contributed by atoms with Crippen LogP contribution in [0.2, 0.25) is 0 Å². The fraction of sp³-hybridized carbons (Fsp3) is 0.562. The van der Waals surface area contributed by atoms with E-state index in [4.69, 9.17) is 0 Å². The van der Waals surface area contributed by atoms with Gasteiger partial charge < -0.3 is 14.6 Å². The van der Waals surface area contributed by atoms with Crippen molar-refractivity contribution in [2.75, 3.05) is 13.1 Å². The van der Waals surface area contributed by atoms with Crippen LogP contribution in [0.25, 0.3) is 0 Å². The van der Waals surface area contributed by atoms with Crippen molar-refractivity contribution in [2.24, 2.45) is 12.5 Å². The summed E-state index contributed by atoms with van der Waals surface area (Å²) in [4.78, 5) is 37.6. The van der Waals surface area contributed by atoms with Crippen LogP contribution in [-0.2, 0) is 11.8 Å². The summed E-state index contributed by atoms with van der Waals surface area (Å²) in [5.74, 6) is -1.11. The van der Waals surface area contributed by atoms with Crippen LogP contribution in [-0.4, -0.2) is 39.5 Å². The van der Waals surface area contributed by atoms with Gasteiger partial charge in [-0.15, -0.1) is 0 Å². The van der Waals surface area contributed by atoms with Crippen LogP contribution in [0, 0.1) is 12.3 Å². The minimum atomic E-state index is -0.798. The monoisotopic (exact) mass is 306 g/mol. The first-order chi connectivity index (χ1) is 10.3. The Balaban J connectivity index is 2.18. The minimum absolute atomic E-state index is 0.146. The van der Waals surface area contributed by atoms with E-state index in [0.29, 0.717) is 32.4 Å². The average Bonchev–Trinajstić information content (AvgIpc) is 2.50. The number of aliphatic carboxylic acids is 1. The molecule has 0 atom stereocenters. The number of nitrogens with zero attached hydrogens (tertiary/aromatic N) is 2. The molecule has 0 aliphatic carbocycles. The number of hydrogen-bond acceptors (Lipinski definition) is 3. The van der Waals surface area contributed by atoms with E-state index in [1.54, 1.807) is 29.6 Å². The number of carbonyl (C=O) groups excluding carboxylic acids is 1. The van der Waals surface area contributed by atoms with Crippen LogP contribution < -0.4 is 5.43 Å². The molecular weight excluding hydrogens is 284 g/mol. The number of carboxylic acid groups (broad SMARTS) is 1. The Hall–Kier alpha value is -2.11. The lowest BCUT2D eigenvalue weighted by Crippen LogP contribution is -2.47. The zero-order valence-electron chi connectivity index (χ0n) is 13.3. The van der Waals surface area contributed by atoms with Crippen molar-refractivity contribution >= 4 is 11.9 Å². The number of aryl methyl sites for hydroxylation is 2. The number of hydrogen-bond donors (Lipinski definition) is 1. The first-order valence-electron chi connectivity index (χ1n) is 7.50. The first kappa shape index (κ1) is 16.3. The summed E-state index contributed by atoms with van der Waals surface area (Å²) in [5, 5.41) is 9.38. The third kappa shape index (κ3) is 2.77. The van der Waals surface area contributed by atoms with E-state index >= 15 is 0 Å². The summed E-state index contributed by atoms with van der Waals surface area (Å²) in [6.07, 6.45) is 2.96. The van der Waals surface area contributed by atoms with Gasteiger partial charge in [-0.3, -0.25) is 14.4 Å². The molecule has 0 spiro atoms. The maximum Gasteiger partial charge on any atom is 0.309 e. The molecule has 0 radical (unpaired) electrons. The quantitative estimate of drug-likeness (QED) is 0.915. The molecule has 1 aliphatic rings. The van der Waals surface area contributed by atoms with E-state index in [1.165, 1.54) is 6.07 Å². The van der Waals surface area contributed by atoms with E-state index in [1.807, 2.05) is 6.92 Å². The molecule has 2 rings (SSSR count). The third-order valence-electron chi connectivity index (χ3n) is 4.85. The smallest absolute Gasteiger partial charge is 0.309 e. The Bertz CT molecular complexity index is 655. The lowest BCUT2D eigenvalue weighted by atomic mass is 9.76. The van der Waals surface area contributed by atoms with Crippen LogP contribution in [0.3, 0.4) is 0 Å². The van der Waals surface area contributed by atoms with Crippen molar-refractivity contribution in [3.63, 3.8) is 0 Å². The van der Waals surface area contributed by atoms with Crippen molar-refractivity contribution in [3.8, 4) is 0 Å². The number of rotatable bonds is 3. The molecule has 1 amide bonds. The SMILES string of the molecule is CCC1(C(=O)O)CCN(C(=O)c2cn(C)c(C)cc2=O)CC1. The Morgan fingerprint density at radius 3 is 2.41 bits per heavy atom. The van der Waals surface area contributed by atoms with Gasteiger partial charge in [0.2, 0.25) is 0 Å². The van der Waals surface area contributed by atoms with Crippen molar-refractivity contribution in [2.45, 2.75) is 33.1 Å². The molecule has 2 heterocycles. The van der Waals surface area contributed by atoms with Gasteiger partial charge in [-0.1, -0.05) is 6.92 Å². The Labute approximate surface area is 129 Å². The van der Waals surface area contributed by atoms with E-state index in [0.717, 1.165) is 5.69 Å². The zero-order chi connectivity index (χ0) is 16.5. The molecule has 0 saturated carbocycles. The van der Waals surface area contributed by atoms with Gasteiger partial charge in [0.1, 0.15) is 5.56 Å². The molecule has 1 aromatic heterocycles. The number of piperidine rings is 1. The first-order valence-corrected chi connectivity index (χ1v) is 7.50. The van der Waals surface area contributed by atoms with Crippen molar-refractivity contribution in [3.05, 3.63) is 33.7 Å². The fourth-order valence-electron chi connectivity index (χ4n) is 2.92. The number of pyridine rings is 1. The molecule has 0 aromatic carbocycles. The number of likely N-dealkylation sites (tertiary alicyclic amines) is 1. The molecule has 1 saturated heterocycles. The largest absolute Gasteiger partial charge is 0.481 e. The predicted molar refractivity (Wildman–Crippen MR) is 81.9 cm³/mol. The van der Waals surface area contributed by atoms with Gasteiger partial charge in [0.15, 0.2) is 5.43 Å². The summed E-state index contributed by atoms with van der Waals surface area (Å²) >= 11 is 0. The molecule has 1 N–H and O–H groups in total. The van der Waals surface area contributed by atoms with Crippen molar-refractivity contribution in [1.82, 2.24) is 9.47 Å². The van der Waals surface area contributed by atoms with E-state index in [2.05, 4.69) is 0 Å². The maximum absolute atomic E-state index is 12.5. The van der Waals surface area contributed by atoms with Gasteiger partial charge in [0, 0.05) is 38.1 Å². The summed E-state index contributed by atoms with van der Waals surface area (Å²) in [7, 11) is 1.79. The predicted octanol–water partition coefficient (Wildman–Crippen LogP) is 1.41. The molecule has 1 aromatic rings. The number of aromatic nitrogens is 1. The Kier molecular flexibility index (Phi) is 4.39. The molecular formula is C16H22N2O4. The van der Waals surface area contributed by atoms with Crippen LogP contribution in [0.15, 0.2) is 17.1 Å². The van der Waals surface area contributed by atoms with E-state index in [-0.39, 0.29) is 16.9 Å². The van der Waals surface area contributed by atoms with Crippen LogP contribution in [0.4, 0.5) is 0 Å². The second-order valence-electron chi connectivity index (χ2n) is 6.03. The highest BCUT2D eigenvalue weighted by Crippen LogP contribution is 2.35. The molecule has 0 bridgehead atoms. The average molecular weight is 306 g/mol. The summed E-state index contributed by atoms with van der Waals surface area (Å²) < 4.78 is 1.74. The maximum atomic E-state index is 12.5. The fourth-order valence-corrected chi connectivity index (χ4v) is 2.92. The Morgan fingerprint density at radius 1 is 1.32 bits per heavy atom. The number of amides is 1. The number of carbonyl (C=O) groups is 2. The number of carboxylic acids is 1. The van der Waals surface area contributed by atoms with Crippen molar-refractivity contribution in [1.29, 1.82) is 0 Å². The highest BCUT2D eigenvalue weighted by molar-refractivity contribution is 5.94. The summed E-state index contributed by atoms with van der Waals surface area (Å²) in [6, 6.07) is 1.45. The topological polar surface area (TPSA) is 79.6 Å². The zero-order valence-corrected chi connectivity index (χ0v) is 13.3. The standard InChI is InChI=1S/C16H22N2O4/c1-4-16(15(21)22)5-7-18(8-6-16)14(20)12-10-17(3)11(2)9-13(12)19/h9-10H,4-8H2,1-3H3,(H,21,22). The molecule has 120 valence electrons. The highest BCUT2D eigenvalue weighted by Gasteiger charge is 2.41. The lowest BCUT2D eigenvalue weighted by molar-refractivity contribution is -0.152. The molecule has 6 heteroatoms. The minimum Gasteiger partial charge on any atom is -0.481 e. The van der Waals surface area contributed by atoms with Gasteiger partial charge in [-0.25, -0.2) is 0 Å². The second kappa shape index (κ2) is 5.94. The molecule has 1 aliphatic heterocycles. The normalized spacial score (nSPS) is 17.3. The molecule has 22 heavy (non-hydrogen) atoms. The van der Waals surface area contributed by atoms with Gasteiger partial charge in [0.05, 0.1) is 5.41 Å². The van der Waals surface area contributed by atoms with E-state index in [9.17, 15) is 19.5 Å². The van der Waals surface area contributed by atoms with Crippen LogP contribution in [0.1, 0.15) is 42.2 Å². The van der Waals surface area contributed by atoms with Crippen molar-refractivity contribution < 1.29 is 14.7 Å². The third-order valence-corrected chi connectivity index (χ3v) is 4.85. The Morgan fingerprint density at radius 2 is 1.91 bits per heavy atom. The van der Waals surface area contributed by atoms with Gasteiger partial charge in [-0.2, -0.15) is 0 Å². The van der Waals surface area contributed by atoms with E-state index < -0.39 is 11.4 Å². The second-order valence-corrected chi connectivity index (χ2v) is 6.03. The van der Waals surface area contributed by atoms with Gasteiger partial charge >= 0.3 is 5.97 Å². The van der Waals surface area contributed by atoms with Gasteiger partial charge in [-0.05, 0) is 26.2 Å². The summed E-state index contributed by atoms with van der Waals surface area (Å²) in [5.41, 5.74) is -0.0932. The van der Waals surface area contributed by atoms with Gasteiger partial charge in [0.25, 0.3) is 5.91 Å². The highest BCUT2D eigenvalue weighted by atomic mass is 16.4. The van der Waals surface area contributed by atoms with Crippen LogP contribution >= 0.6 is 0 Å². The molecule has 6 nitrogen and oxygen atoms in total. The van der Waals surface area contributed by atoms with Crippen LogP contribution in [0.5, 0.6) is 0 Å². The molecule has 1 fully saturated rings. The lowest BCUT2D eigenvalue weighted by Gasteiger charge is -2.38. The molecule has 0 unspecified atom stereocenters. The summed E-state index contributed by atoms with van der Waals surface area (Å²) in [6.45, 7) is 4.41.